The van der Waals surface area contributed by atoms with E-state index in [9.17, 15) is 4.79 Å². The van der Waals surface area contributed by atoms with Crippen molar-refractivity contribution in [2.45, 2.75) is 6.92 Å². The van der Waals surface area contributed by atoms with Crippen LogP contribution < -0.4 is 0 Å². The van der Waals surface area contributed by atoms with Gasteiger partial charge in [-0.2, -0.15) is 0 Å². The van der Waals surface area contributed by atoms with Crippen LogP contribution in [0, 0.1) is 18.8 Å². The molecule has 0 saturated carbocycles. The molecule has 0 atom stereocenters. The predicted octanol–water partition coefficient (Wildman–Crippen LogP) is 4.17. The molecule has 0 saturated heterocycles. The van der Waals surface area contributed by atoms with Crippen LogP contribution in [0.25, 0.3) is 10.4 Å². The monoisotopic (exact) mass is 261 g/mol. The number of rotatable bonds is 2. The molecule has 0 amide bonds. The lowest BCUT2D eigenvalue weighted by atomic mass is 10.1. The Balaban J connectivity index is 2.35. The topological polar surface area (TPSA) is 65.8 Å². The number of benzene rings is 2. The van der Waals surface area contributed by atoms with Crippen molar-refractivity contribution in [3.05, 3.63) is 75.7 Å². The van der Waals surface area contributed by atoms with Crippen LogP contribution in [0.3, 0.4) is 0 Å². The second-order valence-electron chi connectivity index (χ2n) is 4.10. The molecule has 96 valence electrons. The number of carbonyl (C=O) groups excluding carboxylic acids is 1. The number of carbonyl (C=O) groups is 1. The van der Waals surface area contributed by atoms with E-state index in [0.29, 0.717) is 11.3 Å². The first-order chi connectivity index (χ1) is 9.72. The number of hydrogen-bond donors (Lipinski definition) is 0. The highest BCUT2D eigenvalue weighted by atomic mass is 16.1. The van der Waals surface area contributed by atoms with Gasteiger partial charge in [-0.05, 0) is 36.1 Å². The lowest BCUT2D eigenvalue weighted by Crippen LogP contribution is -1.95. The normalized spacial score (nSPS) is 9.05. The summed E-state index contributed by atoms with van der Waals surface area (Å²) in [6.07, 6.45) is 0. The first-order valence-electron chi connectivity index (χ1n) is 5.98. The zero-order valence-electron chi connectivity index (χ0n) is 10.9. The minimum Gasteiger partial charge on any atom is -0.279 e. The third-order valence-electron chi connectivity index (χ3n) is 2.76. The Morgan fingerprint density at radius 1 is 1.15 bits per heavy atom. The van der Waals surface area contributed by atoms with E-state index >= 15 is 0 Å². The van der Waals surface area contributed by atoms with E-state index in [4.69, 9.17) is 5.53 Å². The second kappa shape index (κ2) is 6.24. The zero-order chi connectivity index (χ0) is 14.4. The Hall–Kier alpha value is -3.02. The molecule has 0 aliphatic heterocycles. The summed E-state index contributed by atoms with van der Waals surface area (Å²) in [5.41, 5.74) is 10.9. The summed E-state index contributed by atoms with van der Waals surface area (Å²) in [5, 5.41) is 3.49. The fourth-order valence-corrected chi connectivity index (χ4v) is 1.71. The minimum absolute atomic E-state index is 0.291. The van der Waals surface area contributed by atoms with Gasteiger partial charge in [0.1, 0.15) is 0 Å². The van der Waals surface area contributed by atoms with Gasteiger partial charge < -0.3 is 0 Å². The number of azide groups is 1. The third-order valence-corrected chi connectivity index (χ3v) is 2.76. The molecule has 0 radical (unpaired) electrons. The van der Waals surface area contributed by atoms with Crippen molar-refractivity contribution in [2.75, 3.05) is 0 Å². The zero-order valence-corrected chi connectivity index (χ0v) is 10.9. The highest BCUT2D eigenvalue weighted by Crippen LogP contribution is 2.19. The molecule has 2 aromatic rings. The van der Waals surface area contributed by atoms with Gasteiger partial charge in [0, 0.05) is 21.7 Å². The van der Waals surface area contributed by atoms with Gasteiger partial charge in [-0.25, -0.2) is 0 Å². The van der Waals surface area contributed by atoms with Crippen LogP contribution in [0.15, 0.2) is 53.6 Å². The van der Waals surface area contributed by atoms with Crippen molar-refractivity contribution in [1.82, 2.24) is 0 Å². The van der Waals surface area contributed by atoms with Gasteiger partial charge in [-0.15, -0.1) is 0 Å². The lowest BCUT2D eigenvalue weighted by Gasteiger charge is -1.98. The lowest BCUT2D eigenvalue weighted by molar-refractivity contribution is 0.105. The van der Waals surface area contributed by atoms with Gasteiger partial charge in [0.05, 0.1) is 0 Å². The SMILES string of the molecule is Cc1ccccc1C#CC(=O)c1ccccc1N=[N+]=[N-]. The summed E-state index contributed by atoms with van der Waals surface area (Å²) in [6, 6.07) is 14.2. The Morgan fingerprint density at radius 2 is 1.85 bits per heavy atom. The van der Waals surface area contributed by atoms with Crippen LogP contribution in [-0.4, -0.2) is 5.78 Å². The molecule has 0 aromatic heterocycles. The minimum atomic E-state index is -0.365. The smallest absolute Gasteiger partial charge is 0.236 e. The maximum Gasteiger partial charge on any atom is 0.236 e. The summed E-state index contributed by atoms with van der Waals surface area (Å²) >= 11 is 0. The quantitative estimate of drug-likeness (QED) is 0.263. The van der Waals surface area contributed by atoms with Crippen molar-refractivity contribution in [3.63, 3.8) is 0 Å². The molecule has 0 fully saturated rings. The molecule has 20 heavy (non-hydrogen) atoms. The highest BCUT2D eigenvalue weighted by molar-refractivity contribution is 6.12. The van der Waals surface area contributed by atoms with E-state index in [1.165, 1.54) is 0 Å². The van der Waals surface area contributed by atoms with E-state index in [-0.39, 0.29) is 5.78 Å². The van der Waals surface area contributed by atoms with Gasteiger partial charge in [-0.1, -0.05) is 47.4 Å². The first kappa shape index (κ1) is 13.4. The van der Waals surface area contributed by atoms with E-state index in [1.807, 2.05) is 31.2 Å². The fourth-order valence-electron chi connectivity index (χ4n) is 1.71. The molecular formula is C16H11N3O. The molecule has 0 spiro atoms. The van der Waals surface area contributed by atoms with Crippen molar-refractivity contribution < 1.29 is 4.79 Å². The second-order valence-corrected chi connectivity index (χ2v) is 4.10. The van der Waals surface area contributed by atoms with Gasteiger partial charge in [-0.3, -0.25) is 4.79 Å². The van der Waals surface area contributed by atoms with Crippen LogP contribution >= 0.6 is 0 Å². The van der Waals surface area contributed by atoms with Crippen molar-refractivity contribution >= 4 is 11.5 Å². The highest BCUT2D eigenvalue weighted by Gasteiger charge is 2.06. The Labute approximate surface area is 116 Å². The summed E-state index contributed by atoms with van der Waals surface area (Å²) in [6.45, 7) is 1.93. The third kappa shape index (κ3) is 3.05. The number of ketones is 1. The van der Waals surface area contributed by atoms with Crippen LogP contribution in [0.1, 0.15) is 21.5 Å². The maximum absolute atomic E-state index is 12.1. The summed E-state index contributed by atoms with van der Waals surface area (Å²) in [7, 11) is 0. The van der Waals surface area contributed by atoms with Gasteiger partial charge in [0.25, 0.3) is 0 Å². The Kier molecular flexibility index (Phi) is 4.18. The Morgan fingerprint density at radius 3 is 2.60 bits per heavy atom. The summed E-state index contributed by atoms with van der Waals surface area (Å²) < 4.78 is 0. The van der Waals surface area contributed by atoms with Crippen molar-refractivity contribution in [1.29, 1.82) is 0 Å². The molecule has 4 heteroatoms. The van der Waals surface area contributed by atoms with Crippen LogP contribution in [-0.2, 0) is 0 Å². The number of nitrogens with zero attached hydrogens (tertiary/aromatic N) is 3. The Bertz CT molecular complexity index is 763. The maximum atomic E-state index is 12.1. The van der Waals surface area contributed by atoms with Crippen LogP contribution in [0.4, 0.5) is 5.69 Å². The number of aryl methyl sites for hydroxylation is 1. The molecule has 0 aliphatic rings. The standard InChI is InChI=1S/C16H11N3O/c1-12-6-2-3-7-13(12)10-11-16(20)14-8-4-5-9-15(14)18-19-17/h2-9H,1H3. The van der Waals surface area contributed by atoms with E-state index in [0.717, 1.165) is 11.1 Å². The van der Waals surface area contributed by atoms with Crippen LogP contribution in [0.5, 0.6) is 0 Å². The average molecular weight is 261 g/mol. The van der Waals surface area contributed by atoms with Crippen molar-refractivity contribution in [2.24, 2.45) is 5.11 Å². The molecule has 0 bridgehead atoms. The number of Topliss-reactive ketones (excluding diaryl/α,β-unsaturated/α-hetero) is 1. The van der Waals surface area contributed by atoms with E-state index in [2.05, 4.69) is 21.9 Å². The summed E-state index contributed by atoms with van der Waals surface area (Å²) in [4.78, 5) is 14.8. The fraction of sp³-hybridized carbons (Fsp3) is 0.0625. The molecular weight excluding hydrogens is 250 g/mol. The molecule has 2 rings (SSSR count). The molecule has 4 nitrogen and oxygen atoms in total. The van der Waals surface area contributed by atoms with Gasteiger partial charge in [0.15, 0.2) is 0 Å². The molecule has 2 aromatic carbocycles. The average Bonchev–Trinajstić information content (AvgIpc) is 2.47. The summed E-state index contributed by atoms with van der Waals surface area (Å²) in [5.74, 6) is 5.06. The molecule has 0 aliphatic carbocycles. The first-order valence-corrected chi connectivity index (χ1v) is 5.98. The van der Waals surface area contributed by atoms with E-state index in [1.54, 1.807) is 24.3 Å². The number of hydrogen-bond acceptors (Lipinski definition) is 2. The van der Waals surface area contributed by atoms with Crippen molar-refractivity contribution in [3.8, 4) is 11.8 Å². The predicted molar refractivity (Wildman–Crippen MR) is 77.6 cm³/mol. The molecule has 0 heterocycles. The van der Waals surface area contributed by atoms with Gasteiger partial charge in [0.2, 0.25) is 5.78 Å². The molecule has 0 unspecified atom stereocenters. The van der Waals surface area contributed by atoms with E-state index < -0.39 is 0 Å². The molecule has 0 N–H and O–H groups in total. The van der Waals surface area contributed by atoms with Crippen LogP contribution in [0.2, 0.25) is 0 Å². The van der Waals surface area contributed by atoms with Gasteiger partial charge >= 0.3 is 0 Å². The largest absolute Gasteiger partial charge is 0.279 e.